The zero-order valence-corrected chi connectivity index (χ0v) is 21.7. The van der Waals surface area contributed by atoms with Crippen molar-refractivity contribution in [3.8, 4) is 0 Å². The molecule has 0 aliphatic heterocycles. The lowest BCUT2D eigenvalue weighted by Crippen LogP contribution is -2.38. The summed E-state index contributed by atoms with van der Waals surface area (Å²) in [6, 6.07) is 19.9. The van der Waals surface area contributed by atoms with E-state index in [9.17, 15) is 18.0 Å². The van der Waals surface area contributed by atoms with E-state index in [1.165, 1.54) is 12.1 Å². The Hall–Kier alpha value is -2.95. The number of halogens is 1. The summed E-state index contributed by atoms with van der Waals surface area (Å²) in [5.74, 6) is -0.502. The van der Waals surface area contributed by atoms with Crippen LogP contribution in [0.3, 0.4) is 0 Å². The van der Waals surface area contributed by atoms with Crippen LogP contribution in [0.4, 0.5) is 11.4 Å². The maximum atomic E-state index is 13.4. The van der Waals surface area contributed by atoms with Crippen LogP contribution in [0, 0.1) is 0 Å². The highest BCUT2D eigenvalue weighted by Crippen LogP contribution is 2.27. The van der Waals surface area contributed by atoms with Gasteiger partial charge in [-0.05, 0) is 68.4 Å². The number of hydrogen-bond donors (Lipinski definition) is 1. The third kappa shape index (κ3) is 4.94. The van der Waals surface area contributed by atoms with Gasteiger partial charge in [-0.3, -0.25) is 18.5 Å². The maximum absolute atomic E-state index is 13.4. The first kappa shape index (κ1) is 24.2. The van der Waals surface area contributed by atoms with Crippen molar-refractivity contribution in [1.82, 2.24) is 4.57 Å². The van der Waals surface area contributed by atoms with Crippen LogP contribution in [0.15, 0.2) is 87.0 Å². The van der Waals surface area contributed by atoms with Crippen LogP contribution < -0.4 is 14.5 Å². The number of amides is 1. The van der Waals surface area contributed by atoms with Gasteiger partial charge in [-0.2, -0.15) is 0 Å². The molecule has 0 radical (unpaired) electrons. The lowest BCUT2D eigenvalue weighted by Gasteiger charge is -2.24. The summed E-state index contributed by atoms with van der Waals surface area (Å²) in [6.45, 7) is 3.46. The van der Waals surface area contributed by atoms with Crippen molar-refractivity contribution >= 4 is 64.8 Å². The minimum atomic E-state index is -3.99. The lowest BCUT2D eigenvalue weighted by atomic mass is 10.2. The molecule has 1 heterocycles. The van der Waals surface area contributed by atoms with E-state index in [-0.39, 0.29) is 15.8 Å². The summed E-state index contributed by atoms with van der Waals surface area (Å²) in [5.41, 5.74) is 1.65. The summed E-state index contributed by atoms with van der Waals surface area (Å²) in [6.07, 6.45) is 0. The number of aromatic nitrogens is 1. The number of carbonyl (C=O) groups is 1. The van der Waals surface area contributed by atoms with E-state index in [1.807, 2.05) is 13.8 Å². The van der Waals surface area contributed by atoms with Crippen molar-refractivity contribution in [2.45, 2.75) is 24.8 Å². The summed E-state index contributed by atoms with van der Waals surface area (Å²) >= 11 is 4.46. The van der Waals surface area contributed by atoms with Crippen molar-refractivity contribution in [2.24, 2.45) is 0 Å². The third-order valence-electron chi connectivity index (χ3n) is 5.15. The SMILES string of the molecule is CC(C)n1c(=O)sc2cc(NC(=O)CN(c3ccc(Br)cc3)S(=O)(=O)c3ccccc3)ccc21. The molecule has 0 spiro atoms. The molecule has 0 aliphatic rings. The van der Waals surface area contributed by atoms with E-state index >= 15 is 0 Å². The molecule has 176 valence electrons. The number of sulfonamides is 1. The van der Waals surface area contributed by atoms with E-state index in [0.717, 1.165) is 30.3 Å². The van der Waals surface area contributed by atoms with E-state index in [0.29, 0.717) is 11.4 Å². The van der Waals surface area contributed by atoms with Gasteiger partial charge in [-0.25, -0.2) is 8.42 Å². The average molecular weight is 560 g/mol. The number of thiazole rings is 1. The standard InChI is InChI=1S/C24H22BrN3O4S2/c1-16(2)28-21-13-10-18(14-22(21)33-24(28)30)26-23(29)15-27(19-11-8-17(25)9-12-19)34(31,32)20-6-4-3-5-7-20/h3-14,16H,15H2,1-2H3,(H,26,29). The molecule has 0 aliphatic carbocycles. The van der Waals surface area contributed by atoms with Crippen molar-refractivity contribution < 1.29 is 13.2 Å². The Kier molecular flexibility index (Phi) is 6.92. The first-order chi connectivity index (χ1) is 16.2. The normalized spacial score (nSPS) is 11.6. The Bertz CT molecular complexity index is 1500. The highest BCUT2D eigenvalue weighted by Gasteiger charge is 2.27. The van der Waals surface area contributed by atoms with Crippen molar-refractivity contribution in [1.29, 1.82) is 0 Å². The second kappa shape index (κ2) is 9.73. The number of nitrogens with zero attached hydrogens (tertiary/aromatic N) is 2. The van der Waals surface area contributed by atoms with Gasteiger partial charge in [-0.1, -0.05) is 45.5 Å². The summed E-state index contributed by atoms with van der Waals surface area (Å²) in [5, 5.41) is 2.77. The largest absolute Gasteiger partial charge is 0.324 e. The Balaban J connectivity index is 1.63. The third-order valence-corrected chi connectivity index (χ3v) is 8.38. The van der Waals surface area contributed by atoms with Gasteiger partial charge in [0.25, 0.3) is 10.0 Å². The molecule has 4 rings (SSSR count). The van der Waals surface area contributed by atoms with E-state index in [2.05, 4.69) is 21.2 Å². The van der Waals surface area contributed by atoms with Gasteiger partial charge in [0.2, 0.25) is 5.91 Å². The average Bonchev–Trinajstić information content (AvgIpc) is 3.14. The molecule has 0 saturated carbocycles. The fourth-order valence-corrected chi connectivity index (χ4v) is 6.34. The highest BCUT2D eigenvalue weighted by molar-refractivity contribution is 9.10. The Morgan fingerprint density at radius 1 is 1.06 bits per heavy atom. The molecule has 7 nitrogen and oxygen atoms in total. The fraction of sp³-hybridized carbons (Fsp3) is 0.167. The summed E-state index contributed by atoms with van der Waals surface area (Å²) < 4.78 is 31.1. The van der Waals surface area contributed by atoms with Crippen LogP contribution in [0.2, 0.25) is 0 Å². The molecular weight excluding hydrogens is 538 g/mol. The first-order valence-corrected chi connectivity index (χ1v) is 13.5. The molecule has 0 fully saturated rings. The van der Waals surface area contributed by atoms with Gasteiger partial charge < -0.3 is 5.32 Å². The molecule has 10 heteroatoms. The van der Waals surface area contributed by atoms with Gasteiger partial charge in [-0.15, -0.1) is 0 Å². The lowest BCUT2D eigenvalue weighted by molar-refractivity contribution is -0.114. The molecule has 3 aromatic carbocycles. The molecule has 1 aromatic heterocycles. The molecule has 4 aromatic rings. The quantitative estimate of drug-likeness (QED) is 0.335. The predicted molar refractivity (Wildman–Crippen MR) is 140 cm³/mol. The molecule has 1 N–H and O–H groups in total. The fourth-order valence-electron chi connectivity index (χ4n) is 3.58. The minimum Gasteiger partial charge on any atom is -0.324 e. The summed E-state index contributed by atoms with van der Waals surface area (Å²) in [7, 11) is -3.99. The van der Waals surface area contributed by atoms with Crippen molar-refractivity contribution in [3.05, 3.63) is 86.9 Å². The maximum Gasteiger partial charge on any atom is 0.308 e. The molecule has 0 bridgehead atoms. The van der Waals surface area contributed by atoms with Crippen LogP contribution in [0.1, 0.15) is 19.9 Å². The predicted octanol–water partition coefficient (Wildman–Crippen LogP) is 5.24. The molecule has 0 unspecified atom stereocenters. The number of carbonyl (C=O) groups excluding carboxylic acids is 1. The van der Waals surface area contributed by atoms with Crippen LogP contribution in [0.25, 0.3) is 10.2 Å². The molecule has 1 amide bonds. The molecular formula is C24H22BrN3O4S2. The number of rotatable bonds is 7. The van der Waals surface area contributed by atoms with Gasteiger partial charge in [0.1, 0.15) is 6.54 Å². The number of fused-ring (bicyclic) bond motifs is 1. The van der Waals surface area contributed by atoms with Gasteiger partial charge in [0, 0.05) is 16.2 Å². The molecule has 34 heavy (non-hydrogen) atoms. The van der Waals surface area contributed by atoms with Gasteiger partial charge in [0.15, 0.2) is 0 Å². The highest BCUT2D eigenvalue weighted by atomic mass is 79.9. The number of benzene rings is 3. The van der Waals surface area contributed by atoms with Crippen LogP contribution in [0.5, 0.6) is 0 Å². The molecule has 0 saturated heterocycles. The number of anilines is 2. The monoisotopic (exact) mass is 559 g/mol. The second-order valence-electron chi connectivity index (χ2n) is 7.86. The van der Waals surface area contributed by atoms with Crippen LogP contribution in [-0.2, 0) is 14.8 Å². The van der Waals surface area contributed by atoms with Crippen LogP contribution in [-0.4, -0.2) is 25.4 Å². The smallest absolute Gasteiger partial charge is 0.308 e. The van der Waals surface area contributed by atoms with Crippen molar-refractivity contribution in [3.63, 3.8) is 0 Å². The van der Waals surface area contributed by atoms with Crippen molar-refractivity contribution in [2.75, 3.05) is 16.2 Å². The molecule has 0 atom stereocenters. The zero-order chi connectivity index (χ0) is 24.5. The minimum absolute atomic E-state index is 0.0179. The number of nitrogens with one attached hydrogen (secondary N) is 1. The van der Waals surface area contributed by atoms with Crippen LogP contribution >= 0.6 is 27.3 Å². The van der Waals surface area contributed by atoms with Gasteiger partial charge >= 0.3 is 4.87 Å². The van der Waals surface area contributed by atoms with E-state index < -0.39 is 22.5 Å². The Labute approximate surface area is 209 Å². The topological polar surface area (TPSA) is 88.5 Å². The second-order valence-corrected chi connectivity index (χ2v) is 11.6. The zero-order valence-electron chi connectivity index (χ0n) is 18.4. The Morgan fingerprint density at radius 3 is 2.38 bits per heavy atom. The first-order valence-electron chi connectivity index (χ1n) is 10.4. The number of hydrogen-bond acceptors (Lipinski definition) is 5. The van der Waals surface area contributed by atoms with E-state index in [4.69, 9.17) is 0 Å². The van der Waals surface area contributed by atoms with E-state index in [1.54, 1.807) is 65.2 Å². The van der Waals surface area contributed by atoms with Gasteiger partial charge in [0.05, 0.1) is 20.8 Å². The summed E-state index contributed by atoms with van der Waals surface area (Å²) in [4.78, 5) is 25.3. The Morgan fingerprint density at radius 2 is 1.74 bits per heavy atom.